The zero-order chi connectivity index (χ0) is 23.7. The third kappa shape index (κ3) is 4.83. The van der Waals surface area contributed by atoms with Crippen molar-refractivity contribution in [3.05, 3.63) is 67.7 Å². The first-order valence-corrected chi connectivity index (χ1v) is 11.9. The highest BCUT2D eigenvalue weighted by Crippen LogP contribution is 2.32. The van der Waals surface area contributed by atoms with Crippen molar-refractivity contribution in [2.45, 2.75) is 73.1 Å². The first-order chi connectivity index (χ1) is 15.0. The Morgan fingerprint density at radius 3 is 2.19 bits per heavy atom. The Bertz CT molecular complexity index is 1160. The molecule has 0 saturated carbocycles. The molecule has 0 atom stereocenters. The molecule has 0 spiro atoms. The number of fused-ring (bicyclic) bond motifs is 2. The van der Waals surface area contributed by atoms with Gasteiger partial charge >= 0.3 is 0 Å². The number of ketones is 2. The van der Waals surface area contributed by atoms with E-state index in [0.717, 1.165) is 33.7 Å². The second-order valence-electron chi connectivity index (χ2n) is 9.23. The summed E-state index contributed by atoms with van der Waals surface area (Å²) in [7, 11) is 0. The van der Waals surface area contributed by atoms with Crippen LogP contribution in [0.3, 0.4) is 0 Å². The molecule has 4 rings (SSSR count). The number of carbonyl (C=O) groups excluding carboxylic acids is 2. The molecule has 5 heteroatoms. The lowest BCUT2D eigenvalue weighted by atomic mass is 9.84. The zero-order valence-corrected chi connectivity index (χ0v) is 21.6. The number of hydrogen-bond acceptors (Lipinski definition) is 4. The maximum Gasteiger partial charge on any atom is 0.174 e. The topological polar surface area (TPSA) is 59.9 Å². The summed E-state index contributed by atoms with van der Waals surface area (Å²) >= 11 is 3.24. The molecule has 0 radical (unpaired) electrons. The van der Waals surface area contributed by atoms with Gasteiger partial charge in [0.1, 0.15) is 0 Å². The van der Waals surface area contributed by atoms with E-state index in [4.69, 9.17) is 0 Å². The minimum absolute atomic E-state index is 0.130. The van der Waals surface area contributed by atoms with Crippen LogP contribution in [0.2, 0.25) is 0 Å². The number of nitrogens with zero attached hydrogens (tertiary/aromatic N) is 2. The van der Waals surface area contributed by atoms with E-state index in [1.165, 1.54) is 16.7 Å². The van der Waals surface area contributed by atoms with E-state index in [9.17, 15) is 9.59 Å². The van der Waals surface area contributed by atoms with Crippen LogP contribution in [0.4, 0.5) is 0 Å². The third-order valence-electron chi connectivity index (χ3n) is 6.37. The van der Waals surface area contributed by atoms with Gasteiger partial charge in [0.2, 0.25) is 0 Å². The molecular weight excluding hydrogens is 464 g/mol. The molecular formula is C27H31BrN2O2. The number of hydrogen-bond donors (Lipinski definition) is 0. The van der Waals surface area contributed by atoms with Gasteiger partial charge in [0.05, 0.1) is 15.9 Å². The molecule has 168 valence electrons. The average Bonchev–Trinajstić information content (AvgIpc) is 2.73. The molecule has 0 amide bonds. The Labute approximate surface area is 199 Å². The summed E-state index contributed by atoms with van der Waals surface area (Å²) in [5.74, 6) is 1.27. The van der Waals surface area contributed by atoms with Crippen LogP contribution in [-0.2, 0) is 22.4 Å². The van der Waals surface area contributed by atoms with E-state index in [0.29, 0.717) is 29.2 Å². The highest BCUT2D eigenvalue weighted by atomic mass is 79.9. The molecule has 4 nitrogen and oxygen atoms in total. The maximum atomic E-state index is 11.9. The number of rotatable bonds is 2. The van der Waals surface area contributed by atoms with Gasteiger partial charge < -0.3 is 0 Å². The van der Waals surface area contributed by atoms with Gasteiger partial charge in [-0.3, -0.25) is 19.6 Å². The van der Waals surface area contributed by atoms with E-state index in [2.05, 4.69) is 66.6 Å². The predicted octanol–water partition coefficient (Wildman–Crippen LogP) is 6.50. The first-order valence-electron chi connectivity index (χ1n) is 11.1. The third-order valence-corrected chi connectivity index (χ3v) is 7.04. The molecule has 0 unspecified atom stereocenters. The molecule has 2 heterocycles. The summed E-state index contributed by atoms with van der Waals surface area (Å²) < 4.78 is 0.625. The van der Waals surface area contributed by atoms with Crippen LogP contribution in [-0.4, -0.2) is 21.5 Å². The maximum absolute atomic E-state index is 11.9. The summed E-state index contributed by atoms with van der Waals surface area (Å²) in [6, 6.07) is 2.08. The van der Waals surface area contributed by atoms with Crippen molar-refractivity contribution in [1.29, 1.82) is 0 Å². The van der Waals surface area contributed by atoms with Gasteiger partial charge in [-0.15, -0.1) is 0 Å². The molecule has 2 aromatic rings. The normalized spacial score (nSPS) is 15.4. The van der Waals surface area contributed by atoms with Crippen molar-refractivity contribution in [1.82, 2.24) is 9.97 Å². The van der Waals surface area contributed by atoms with Crippen LogP contribution in [0, 0.1) is 6.92 Å². The Hall–Kier alpha value is -2.40. The quantitative estimate of drug-likeness (QED) is 0.477. The van der Waals surface area contributed by atoms with Crippen LogP contribution in [0.25, 0.3) is 11.6 Å². The first kappa shape index (κ1) is 24.2. The van der Waals surface area contributed by atoms with Crippen molar-refractivity contribution >= 4 is 39.1 Å². The SMILES string of the molecule is CC(C)c1cnc2c(c1)CC(=O)C(Br)=C2.CC1=C(C)c2ncc(C(C)C)c(C)c2CC1=O. The second-order valence-corrected chi connectivity index (χ2v) is 10.1. The number of carbonyl (C=O) groups is 2. The smallest absolute Gasteiger partial charge is 0.174 e. The summed E-state index contributed by atoms with van der Waals surface area (Å²) in [5, 5.41) is 0. The van der Waals surface area contributed by atoms with Gasteiger partial charge in [-0.05, 0) is 93.6 Å². The lowest BCUT2D eigenvalue weighted by molar-refractivity contribution is -0.115. The highest BCUT2D eigenvalue weighted by Gasteiger charge is 2.24. The van der Waals surface area contributed by atoms with Gasteiger partial charge in [-0.2, -0.15) is 0 Å². The summed E-state index contributed by atoms with van der Waals surface area (Å²) in [5.41, 5.74) is 9.67. The fraction of sp³-hybridized carbons (Fsp3) is 0.407. The van der Waals surface area contributed by atoms with E-state index >= 15 is 0 Å². The lowest BCUT2D eigenvalue weighted by Crippen LogP contribution is -2.17. The summed E-state index contributed by atoms with van der Waals surface area (Å²) in [4.78, 5) is 32.3. The summed E-state index contributed by atoms with van der Waals surface area (Å²) in [6.07, 6.45) is 6.62. The second kappa shape index (κ2) is 9.62. The molecule has 0 fully saturated rings. The molecule has 0 N–H and O–H groups in total. The predicted molar refractivity (Wildman–Crippen MR) is 134 cm³/mol. The number of pyridine rings is 2. The fourth-order valence-electron chi connectivity index (χ4n) is 4.05. The summed E-state index contributed by atoms with van der Waals surface area (Å²) in [6.45, 7) is 14.6. The molecule has 0 bridgehead atoms. The van der Waals surface area contributed by atoms with Crippen LogP contribution >= 0.6 is 15.9 Å². The Balaban J connectivity index is 0.000000182. The van der Waals surface area contributed by atoms with Crippen LogP contribution in [0.1, 0.15) is 92.6 Å². The molecule has 2 aliphatic carbocycles. The van der Waals surface area contributed by atoms with E-state index in [1.807, 2.05) is 26.2 Å². The number of allylic oxidation sites excluding steroid dienone is 3. The van der Waals surface area contributed by atoms with E-state index in [1.54, 1.807) is 6.08 Å². The molecule has 0 aliphatic heterocycles. The minimum atomic E-state index is 0.130. The average molecular weight is 495 g/mol. The van der Waals surface area contributed by atoms with Gasteiger partial charge in [-0.1, -0.05) is 33.8 Å². The van der Waals surface area contributed by atoms with Gasteiger partial charge in [0.15, 0.2) is 11.6 Å². The number of halogens is 1. The van der Waals surface area contributed by atoms with Crippen LogP contribution in [0.15, 0.2) is 28.5 Å². The van der Waals surface area contributed by atoms with Crippen molar-refractivity contribution < 1.29 is 9.59 Å². The van der Waals surface area contributed by atoms with E-state index in [-0.39, 0.29) is 11.6 Å². The molecule has 0 saturated heterocycles. The standard InChI is InChI=1S/C15H19NO.C12H12BrNO/c1-8(2)13-7-16-15-10(4)9(3)14(17)6-12(15)11(13)5;1-7(2)9-3-8-4-12(15)10(13)5-11(8)14-6-9/h7-8H,6H2,1-5H3;3,5-7H,4H2,1-2H3. The van der Waals surface area contributed by atoms with Gasteiger partial charge in [0, 0.05) is 25.2 Å². The zero-order valence-electron chi connectivity index (χ0n) is 20.0. The monoisotopic (exact) mass is 494 g/mol. The molecule has 0 aromatic carbocycles. The molecule has 2 aliphatic rings. The van der Waals surface area contributed by atoms with Crippen molar-refractivity contribution in [2.24, 2.45) is 0 Å². The number of Topliss-reactive ketones (excluding diaryl/α,β-unsaturated/α-hetero) is 2. The van der Waals surface area contributed by atoms with Gasteiger partial charge in [-0.25, -0.2) is 0 Å². The Kier molecular flexibility index (Phi) is 7.29. The number of aromatic nitrogens is 2. The Morgan fingerprint density at radius 2 is 1.56 bits per heavy atom. The fourth-order valence-corrected chi connectivity index (χ4v) is 4.40. The van der Waals surface area contributed by atoms with Crippen molar-refractivity contribution in [3.8, 4) is 0 Å². The molecule has 32 heavy (non-hydrogen) atoms. The lowest BCUT2D eigenvalue weighted by Gasteiger charge is -2.22. The highest BCUT2D eigenvalue weighted by molar-refractivity contribution is 9.12. The van der Waals surface area contributed by atoms with Crippen molar-refractivity contribution in [3.63, 3.8) is 0 Å². The largest absolute Gasteiger partial charge is 0.294 e. The van der Waals surface area contributed by atoms with Crippen LogP contribution in [0.5, 0.6) is 0 Å². The van der Waals surface area contributed by atoms with E-state index < -0.39 is 0 Å². The molecule has 2 aromatic heterocycles. The van der Waals surface area contributed by atoms with Gasteiger partial charge in [0.25, 0.3) is 0 Å². The van der Waals surface area contributed by atoms with Crippen molar-refractivity contribution in [2.75, 3.05) is 0 Å². The van der Waals surface area contributed by atoms with Crippen LogP contribution < -0.4 is 0 Å². The minimum Gasteiger partial charge on any atom is -0.294 e. The Morgan fingerprint density at radius 1 is 0.875 bits per heavy atom.